The van der Waals surface area contributed by atoms with Crippen molar-refractivity contribution in [2.75, 3.05) is 37.6 Å². The summed E-state index contributed by atoms with van der Waals surface area (Å²) in [6.07, 6.45) is 6.73. The average Bonchev–Trinajstić information content (AvgIpc) is 2.81. The maximum absolute atomic E-state index is 13.0. The van der Waals surface area contributed by atoms with E-state index in [2.05, 4.69) is 15.3 Å². The first-order valence-electron chi connectivity index (χ1n) is 10.6. The lowest BCUT2D eigenvalue weighted by Crippen LogP contribution is -2.59. The van der Waals surface area contributed by atoms with E-state index in [1.807, 2.05) is 12.1 Å². The Labute approximate surface area is 187 Å². The minimum atomic E-state index is -3.75. The average molecular weight is 460 g/mol. The van der Waals surface area contributed by atoms with E-state index < -0.39 is 10.0 Å². The maximum Gasteiger partial charge on any atom is 0.252 e. The van der Waals surface area contributed by atoms with E-state index in [4.69, 9.17) is 0 Å². The van der Waals surface area contributed by atoms with Gasteiger partial charge in [-0.05, 0) is 48.7 Å². The lowest BCUT2D eigenvalue weighted by atomic mass is 10.1. The number of piperazine rings is 1. The number of rotatable bonds is 6. The molecule has 0 atom stereocenters. The second-order valence-corrected chi connectivity index (χ2v) is 9.69. The molecule has 2 fully saturated rings. The number of benzene rings is 1. The molecule has 0 bridgehead atoms. The molecule has 2 aliphatic heterocycles. The van der Waals surface area contributed by atoms with Crippen molar-refractivity contribution in [3.8, 4) is 0 Å². The van der Waals surface area contributed by atoms with Crippen molar-refractivity contribution < 1.29 is 17.6 Å². The number of piperidine rings is 1. The molecule has 2 saturated heterocycles. The fraction of sp³-hybridized carbons (Fsp3) is 0.364. The molecule has 1 aromatic carbocycles. The molecule has 1 aromatic heterocycles. The summed E-state index contributed by atoms with van der Waals surface area (Å²) in [7, 11) is -3.75. The molecule has 1 N–H and O–H groups in total. The third-order valence-electron chi connectivity index (χ3n) is 5.71. The van der Waals surface area contributed by atoms with Gasteiger partial charge in [0.15, 0.2) is 0 Å². The first kappa shape index (κ1) is 22.4. The van der Waals surface area contributed by atoms with E-state index in [1.54, 1.807) is 17.4 Å². The summed E-state index contributed by atoms with van der Waals surface area (Å²) in [6.45, 7) is 2.04. The molecular weight excluding hydrogens is 433 g/mol. The molecule has 10 heteroatoms. The summed E-state index contributed by atoms with van der Waals surface area (Å²) in [5.41, 5.74) is 4.99. The molecule has 0 aliphatic carbocycles. The normalized spacial score (nSPS) is 19.1. The van der Waals surface area contributed by atoms with Gasteiger partial charge < -0.3 is 4.90 Å². The number of nitrogens with one attached hydrogen (secondary N) is 1. The summed E-state index contributed by atoms with van der Waals surface area (Å²) in [5, 5.41) is 2.61. The molecule has 1 amide bonds. The highest BCUT2D eigenvalue weighted by atomic mass is 32.2. The highest BCUT2D eigenvalue weighted by Crippen LogP contribution is 2.20. The van der Waals surface area contributed by atoms with Gasteiger partial charge in [-0.1, -0.05) is 12.1 Å². The van der Waals surface area contributed by atoms with Crippen molar-refractivity contribution in [2.45, 2.75) is 18.9 Å². The van der Waals surface area contributed by atoms with Crippen LogP contribution in [0.25, 0.3) is 6.08 Å². The van der Waals surface area contributed by atoms with Gasteiger partial charge in [-0.3, -0.25) is 14.8 Å². The lowest BCUT2D eigenvalue weighted by Gasteiger charge is -2.39. The molecule has 0 unspecified atom stereocenters. The minimum absolute atomic E-state index is 0.165. The first-order chi connectivity index (χ1) is 15.4. The molecule has 0 spiro atoms. The number of aromatic nitrogens is 1. The molecule has 0 saturated carbocycles. The third kappa shape index (κ3) is 5.50. The van der Waals surface area contributed by atoms with Crippen LogP contribution in [0.2, 0.25) is 0 Å². The number of carbonyl (C=O) groups is 1. The number of hydrogen-bond donors (Lipinski definition) is 1. The van der Waals surface area contributed by atoms with Crippen LogP contribution in [0, 0.1) is 5.82 Å². The number of nitrogens with zero attached hydrogens (tertiary/aromatic N) is 4. The Morgan fingerprint density at radius 2 is 1.69 bits per heavy atom. The summed E-state index contributed by atoms with van der Waals surface area (Å²) in [4.78, 5) is 18.9. The zero-order valence-electron chi connectivity index (χ0n) is 17.6. The third-order valence-corrected chi connectivity index (χ3v) is 7.22. The van der Waals surface area contributed by atoms with Crippen LogP contribution < -0.4 is 10.3 Å². The number of sulfonamides is 1. The molecular formula is C22H26FN5O3S. The molecule has 0 radical (unpaired) electrons. The largest absolute Gasteiger partial charge is 0.371 e. The van der Waals surface area contributed by atoms with Crippen LogP contribution in [0.3, 0.4) is 0 Å². The Bertz CT molecular complexity index is 1050. The minimum Gasteiger partial charge on any atom is -0.371 e. The Balaban J connectivity index is 1.28. The summed E-state index contributed by atoms with van der Waals surface area (Å²) in [5.74, 6) is -0.658. The molecule has 2 aliphatic rings. The van der Waals surface area contributed by atoms with E-state index in [0.717, 1.165) is 37.0 Å². The topological polar surface area (TPSA) is 85.8 Å². The summed E-state index contributed by atoms with van der Waals surface area (Å²) in [6, 6.07) is 9.66. The fourth-order valence-electron chi connectivity index (χ4n) is 3.87. The van der Waals surface area contributed by atoms with Gasteiger partial charge >= 0.3 is 0 Å². The van der Waals surface area contributed by atoms with Crippen LogP contribution in [0.1, 0.15) is 18.4 Å². The predicted octanol–water partition coefficient (Wildman–Crippen LogP) is 1.84. The van der Waals surface area contributed by atoms with Gasteiger partial charge in [0, 0.05) is 49.2 Å². The van der Waals surface area contributed by atoms with Crippen LogP contribution in [0.4, 0.5) is 10.1 Å². The van der Waals surface area contributed by atoms with Crippen LogP contribution in [-0.2, 0) is 14.8 Å². The Kier molecular flexibility index (Phi) is 6.83. The first-order valence-corrected chi connectivity index (χ1v) is 12.1. The van der Waals surface area contributed by atoms with Crippen LogP contribution in [0.5, 0.6) is 0 Å². The molecule has 170 valence electrons. The summed E-state index contributed by atoms with van der Waals surface area (Å²) < 4.78 is 39.4. The van der Waals surface area contributed by atoms with Gasteiger partial charge in [0.2, 0.25) is 10.0 Å². The Morgan fingerprint density at radius 3 is 2.34 bits per heavy atom. The SMILES string of the molecule is O=C1CN(S(=O)(=O)/C=C/c2ccc(F)cc2)CCN1NC1CCN(c2ccncc2)CC1. The van der Waals surface area contributed by atoms with Crippen molar-refractivity contribution in [1.82, 2.24) is 19.7 Å². The van der Waals surface area contributed by atoms with Crippen LogP contribution >= 0.6 is 0 Å². The number of halogens is 1. The van der Waals surface area contributed by atoms with Crippen molar-refractivity contribution in [3.05, 3.63) is 65.6 Å². The number of carbonyl (C=O) groups excluding carboxylic acids is 1. The molecule has 3 heterocycles. The number of hydrazine groups is 1. The second kappa shape index (κ2) is 9.76. The van der Waals surface area contributed by atoms with Gasteiger partial charge in [0.1, 0.15) is 5.82 Å². The molecule has 32 heavy (non-hydrogen) atoms. The van der Waals surface area contributed by atoms with E-state index in [9.17, 15) is 17.6 Å². The van der Waals surface area contributed by atoms with Crippen molar-refractivity contribution in [3.63, 3.8) is 0 Å². The zero-order chi connectivity index (χ0) is 22.6. The van der Waals surface area contributed by atoms with Gasteiger partial charge in [-0.15, -0.1) is 0 Å². The molecule has 4 rings (SSSR count). The smallest absolute Gasteiger partial charge is 0.252 e. The maximum atomic E-state index is 13.0. The highest BCUT2D eigenvalue weighted by molar-refractivity contribution is 7.92. The zero-order valence-corrected chi connectivity index (χ0v) is 18.4. The van der Waals surface area contributed by atoms with Crippen LogP contribution in [0.15, 0.2) is 54.2 Å². The predicted molar refractivity (Wildman–Crippen MR) is 120 cm³/mol. The molecule has 2 aromatic rings. The fourth-order valence-corrected chi connectivity index (χ4v) is 5.00. The van der Waals surface area contributed by atoms with Crippen LogP contribution in [-0.4, -0.2) is 67.4 Å². The van der Waals surface area contributed by atoms with Gasteiger partial charge in [0.25, 0.3) is 5.91 Å². The Hall–Kier alpha value is -2.82. The van der Waals surface area contributed by atoms with E-state index >= 15 is 0 Å². The van der Waals surface area contributed by atoms with E-state index in [1.165, 1.54) is 34.6 Å². The lowest BCUT2D eigenvalue weighted by molar-refractivity contribution is -0.138. The monoisotopic (exact) mass is 459 g/mol. The van der Waals surface area contributed by atoms with Gasteiger partial charge in [-0.2, -0.15) is 4.31 Å². The van der Waals surface area contributed by atoms with Crippen molar-refractivity contribution in [2.24, 2.45) is 0 Å². The number of pyridine rings is 1. The van der Waals surface area contributed by atoms with E-state index in [0.29, 0.717) is 5.56 Å². The quantitative estimate of drug-likeness (QED) is 0.710. The van der Waals surface area contributed by atoms with Crippen molar-refractivity contribution >= 4 is 27.7 Å². The van der Waals surface area contributed by atoms with Gasteiger partial charge in [0.05, 0.1) is 13.1 Å². The van der Waals surface area contributed by atoms with E-state index in [-0.39, 0.29) is 37.4 Å². The number of hydrogen-bond acceptors (Lipinski definition) is 6. The van der Waals surface area contributed by atoms with Crippen molar-refractivity contribution in [1.29, 1.82) is 0 Å². The Morgan fingerprint density at radius 1 is 1.00 bits per heavy atom. The number of amides is 1. The standard InChI is InChI=1S/C22H26FN5O3S/c23-19-3-1-18(2-4-19)9-16-32(30,31)27-14-15-28(22(29)17-27)25-20-7-12-26(13-8-20)21-5-10-24-11-6-21/h1-6,9-11,16,20,25H,7-8,12-15,17H2/b16-9+. The second-order valence-electron chi connectivity index (χ2n) is 7.87. The summed E-state index contributed by atoms with van der Waals surface area (Å²) >= 11 is 0. The van der Waals surface area contributed by atoms with Gasteiger partial charge in [-0.25, -0.2) is 18.2 Å². The molecule has 8 nitrogen and oxygen atoms in total. The highest BCUT2D eigenvalue weighted by Gasteiger charge is 2.32. The number of anilines is 1.